The minimum absolute atomic E-state index is 0.00404. The Morgan fingerprint density at radius 2 is 1.52 bits per heavy atom. The summed E-state index contributed by atoms with van der Waals surface area (Å²) in [6, 6.07) is 23.7. The van der Waals surface area contributed by atoms with Gasteiger partial charge < -0.3 is 20.5 Å². The van der Waals surface area contributed by atoms with E-state index in [9.17, 15) is 9.90 Å². The fraction of sp³-hybridized carbons (Fsp3) is 0.0500. The lowest BCUT2D eigenvalue weighted by molar-refractivity contribution is -0.118. The molecule has 0 bridgehead atoms. The van der Waals surface area contributed by atoms with Crippen molar-refractivity contribution in [2.75, 3.05) is 17.2 Å². The van der Waals surface area contributed by atoms with Crippen molar-refractivity contribution in [2.24, 2.45) is 0 Å². The van der Waals surface area contributed by atoms with Gasteiger partial charge in [-0.15, -0.1) is 0 Å². The summed E-state index contributed by atoms with van der Waals surface area (Å²) in [4.78, 5) is 12.0. The smallest absolute Gasteiger partial charge is 0.262 e. The van der Waals surface area contributed by atoms with Crippen LogP contribution in [0.4, 0.5) is 17.1 Å². The molecule has 0 fully saturated rings. The number of nitrogens with one attached hydrogen (secondary N) is 2. The summed E-state index contributed by atoms with van der Waals surface area (Å²) in [5, 5.41) is 15.7. The molecular weight excluding hydrogens is 316 g/mol. The van der Waals surface area contributed by atoms with Crippen LogP contribution in [0.2, 0.25) is 0 Å². The molecular formula is C20H18N2O3. The number of aromatic hydroxyl groups is 1. The molecule has 1 amide bonds. The van der Waals surface area contributed by atoms with Gasteiger partial charge in [0.15, 0.2) is 18.1 Å². The zero-order valence-corrected chi connectivity index (χ0v) is 13.5. The molecule has 0 aliphatic heterocycles. The summed E-state index contributed by atoms with van der Waals surface area (Å²) in [6.45, 7) is -0.187. The second-order valence-corrected chi connectivity index (χ2v) is 5.38. The first-order valence-electron chi connectivity index (χ1n) is 7.83. The lowest BCUT2D eigenvalue weighted by atomic mass is 10.2. The van der Waals surface area contributed by atoms with Gasteiger partial charge in [0.2, 0.25) is 0 Å². The molecule has 126 valence electrons. The standard InChI is InChI=1S/C20H18N2O3/c23-18-11-4-5-12-19(18)25-14-20(24)22-17-10-6-9-16(13-17)21-15-7-2-1-3-8-15/h1-13,21,23H,14H2,(H,22,24). The first-order valence-corrected chi connectivity index (χ1v) is 7.83. The Morgan fingerprint density at radius 3 is 2.32 bits per heavy atom. The molecule has 0 aromatic heterocycles. The number of para-hydroxylation sites is 3. The molecule has 5 nitrogen and oxygen atoms in total. The summed E-state index contributed by atoms with van der Waals surface area (Å²) in [5.41, 5.74) is 2.49. The van der Waals surface area contributed by atoms with Crippen molar-refractivity contribution in [3.63, 3.8) is 0 Å². The molecule has 0 heterocycles. The van der Waals surface area contributed by atoms with E-state index in [0.29, 0.717) is 5.69 Å². The first kappa shape index (κ1) is 16.4. The van der Waals surface area contributed by atoms with E-state index in [-0.39, 0.29) is 24.0 Å². The Kier molecular flexibility index (Phi) is 5.16. The first-order chi connectivity index (χ1) is 12.2. The topological polar surface area (TPSA) is 70.6 Å². The maximum atomic E-state index is 12.0. The van der Waals surface area contributed by atoms with E-state index in [2.05, 4.69) is 10.6 Å². The SMILES string of the molecule is O=C(COc1ccccc1O)Nc1cccc(Nc2ccccc2)c1. The van der Waals surface area contributed by atoms with Gasteiger partial charge in [0.05, 0.1) is 0 Å². The molecule has 0 saturated carbocycles. The number of amides is 1. The number of phenols is 1. The highest BCUT2D eigenvalue weighted by atomic mass is 16.5. The highest BCUT2D eigenvalue weighted by Crippen LogP contribution is 2.24. The van der Waals surface area contributed by atoms with E-state index in [1.165, 1.54) is 6.07 Å². The summed E-state index contributed by atoms with van der Waals surface area (Å²) >= 11 is 0. The zero-order chi connectivity index (χ0) is 17.5. The van der Waals surface area contributed by atoms with E-state index in [1.807, 2.05) is 48.5 Å². The van der Waals surface area contributed by atoms with Gasteiger partial charge in [-0.25, -0.2) is 0 Å². The minimum atomic E-state index is -0.305. The van der Waals surface area contributed by atoms with Crippen LogP contribution in [0.25, 0.3) is 0 Å². The molecule has 0 spiro atoms. The number of ether oxygens (including phenoxy) is 1. The monoisotopic (exact) mass is 334 g/mol. The van der Waals surface area contributed by atoms with Crippen LogP contribution in [0.15, 0.2) is 78.9 Å². The average Bonchev–Trinajstić information content (AvgIpc) is 2.62. The summed E-state index contributed by atoms with van der Waals surface area (Å²) in [7, 11) is 0. The molecule has 0 radical (unpaired) electrons. The highest BCUT2D eigenvalue weighted by molar-refractivity contribution is 5.92. The lowest BCUT2D eigenvalue weighted by Gasteiger charge is -2.11. The zero-order valence-electron chi connectivity index (χ0n) is 13.5. The van der Waals surface area contributed by atoms with Crippen LogP contribution in [0.3, 0.4) is 0 Å². The number of carbonyl (C=O) groups is 1. The van der Waals surface area contributed by atoms with Gasteiger partial charge in [0.1, 0.15) is 0 Å². The summed E-state index contributed by atoms with van der Waals surface area (Å²) in [6.07, 6.45) is 0. The van der Waals surface area contributed by atoms with E-state index < -0.39 is 0 Å². The van der Waals surface area contributed by atoms with E-state index in [4.69, 9.17) is 4.74 Å². The number of rotatable bonds is 6. The normalized spacial score (nSPS) is 10.1. The van der Waals surface area contributed by atoms with Gasteiger partial charge >= 0.3 is 0 Å². The molecule has 0 atom stereocenters. The average molecular weight is 334 g/mol. The van der Waals surface area contributed by atoms with E-state index in [0.717, 1.165) is 11.4 Å². The molecule has 3 aromatic carbocycles. The number of phenolic OH excluding ortho intramolecular Hbond substituents is 1. The quantitative estimate of drug-likeness (QED) is 0.633. The van der Waals surface area contributed by atoms with Gasteiger partial charge in [0.25, 0.3) is 5.91 Å². The molecule has 3 N–H and O–H groups in total. The summed E-state index contributed by atoms with van der Waals surface area (Å²) in [5.74, 6) is -0.0263. The second kappa shape index (κ2) is 7.88. The Labute approximate surface area is 145 Å². The predicted molar refractivity (Wildman–Crippen MR) is 98.4 cm³/mol. The molecule has 0 aliphatic carbocycles. The second-order valence-electron chi connectivity index (χ2n) is 5.38. The maximum Gasteiger partial charge on any atom is 0.262 e. The number of carbonyl (C=O) groups excluding carboxylic acids is 1. The van der Waals surface area contributed by atoms with Crippen molar-refractivity contribution in [3.8, 4) is 11.5 Å². The van der Waals surface area contributed by atoms with Crippen LogP contribution in [0.5, 0.6) is 11.5 Å². The van der Waals surface area contributed by atoms with Crippen molar-refractivity contribution < 1.29 is 14.6 Å². The van der Waals surface area contributed by atoms with Crippen molar-refractivity contribution in [3.05, 3.63) is 78.9 Å². The predicted octanol–water partition coefficient (Wildman–Crippen LogP) is 4.15. The third kappa shape index (κ3) is 4.75. The van der Waals surface area contributed by atoms with Crippen molar-refractivity contribution in [1.29, 1.82) is 0 Å². The largest absolute Gasteiger partial charge is 0.504 e. The van der Waals surface area contributed by atoms with Crippen LogP contribution in [-0.4, -0.2) is 17.6 Å². The lowest BCUT2D eigenvalue weighted by Crippen LogP contribution is -2.20. The summed E-state index contributed by atoms with van der Waals surface area (Å²) < 4.78 is 5.32. The van der Waals surface area contributed by atoms with Gasteiger partial charge in [0, 0.05) is 17.1 Å². The maximum absolute atomic E-state index is 12.0. The highest BCUT2D eigenvalue weighted by Gasteiger charge is 2.07. The number of anilines is 3. The van der Waals surface area contributed by atoms with E-state index in [1.54, 1.807) is 24.3 Å². The fourth-order valence-electron chi connectivity index (χ4n) is 2.28. The van der Waals surface area contributed by atoms with Crippen LogP contribution in [-0.2, 0) is 4.79 Å². The van der Waals surface area contributed by atoms with Gasteiger partial charge in [-0.2, -0.15) is 0 Å². The fourth-order valence-corrected chi connectivity index (χ4v) is 2.28. The third-order valence-electron chi connectivity index (χ3n) is 3.43. The number of benzene rings is 3. The Balaban J connectivity index is 1.58. The minimum Gasteiger partial charge on any atom is -0.504 e. The Morgan fingerprint density at radius 1 is 0.840 bits per heavy atom. The number of hydrogen-bond donors (Lipinski definition) is 3. The van der Waals surface area contributed by atoms with Crippen molar-refractivity contribution in [2.45, 2.75) is 0 Å². The molecule has 0 unspecified atom stereocenters. The molecule has 3 rings (SSSR count). The molecule has 0 saturated heterocycles. The van der Waals surface area contributed by atoms with Gasteiger partial charge in [-0.3, -0.25) is 4.79 Å². The van der Waals surface area contributed by atoms with Gasteiger partial charge in [-0.05, 0) is 42.5 Å². The molecule has 25 heavy (non-hydrogen) atoms. The molecule has 5 heteroatoms. The molecule has 3 aromatic rings. The van der Waals surface area contributed by atoms with Gasteiger partial charge in [-0.1, -0.05) is 36.4 Å². The van der Waals surface area contributed by atoms with E-state index >= 15 is 0 Å². The van der Waals surface area contributed by atoms with Crippen LogP contribution < -0.4 is 15.4 Å². The number of hydrogen-bond acceptors (Lipinski definition) is 4. The Hall–Kier alpha value is -3.47. The van der Waals surface area contributed by atoms with Crippen LogP contribution in [0.1, 0.15) is 0 Å². The third-order valence-corrected chi connectivity index (χ3v) is 3.43. The van der Waals surface area contributed by atoms with Crippen molar-refractivity contribution >= 4 is 23.0 Å². The molecule has 0 aliphatic rings. The van der Waals surface area contributed by atoms with Crippen LogP contribution >= 0.6 is 0 Å². The Bertz CT molecular complexity index is 850. The van der Waals surface area contributed by atoms with Crippen LogP contribution in [0, 0.1) is 0 Å². The van der Waals surface area contributed by atoms with Crippen molar-refractivity contribution in [1.82, 2.24) is 0 Å².